The van der Waals surface area contributed by atoms with Gasteiger partial charge in [-0.1, -0.05) is 30.7 Å². The summed E-state index contributed by atoms with van der Waals surface area (Å²) in [6, 6.07) is 10.4. The zero-order valence-electron chi connectivity index (χ0n) is 10.6. The molecule has 0 spiro atoms. The van der Waals surface area contributed by atoms with Crippen LogP contribution in [-0.4, -0.2) is 37.1 Å². The highest BCUT2D eigenvalue weighted by molar-refractivity contribution is 6.33. The number of piperazine rings is 1. The van der Waals surface area contributed by atoms with Gasteiger partial charge in [0.05, 0.1) is 22.8 Å². The van der Waals surface area contributed by atoms with Crippen LogP contribution >= 0.6 is 11.6 Å². The van der Waals surface area contributed by atoms with Gasteiger partial charge in [-0.2, -0.15) is 5.26 Å². The van der Waals surface area contributed by atoms with Gasteiger partial charge in [0.1, 0.15) is 0 Å². The van der Waals surface area contributed by atoms with E-state index in [9.17, 15) is 0 Å². The van der Waals surface area contributed by atoms with Crippen LogP contribution in [0.3, 0.4) is 0 Å². The van der Waals surface area contributed by atoms with Crippen LogP contribution in [0.25, 0.3) is 0 Å². The van der Waals surface area contributed by atoms with Gasteiger partial charge in [0.25, 0.3) is 0 Å². The van der Waals surface area contributed by atoms with Crippen molar-refractivity contribution in [3.63, 3.8) is 0 Å². The predicted octanol–water partition coefficient (Wildman–Crippen LogP) is 2.76. The van der Waals surface area contributed by atoms with Crippen molar-refractivity contribution in [2.75, 3.05) is 31.1 Å². The van der Waals surface area contributed by atoms with Crippen molar-refractivity contribution in [2.45, 2.75) is 19.4 Å². The maximum atomic E-state index is 9.08. The molecule has 1 heterocycles. The third-order valence-electron chi connectivity index (χ3n) is 3.48. The van der Waals surface area contributed by atoms with Gasteiger partial charge < -0.3 is 4.90 Å². The van der Waals surface area contributed by atoms with Gasteiger partial charge in [0.15, 0.2) is 0 Å². The van der Waals surface area contributed by atoms with Gasteiger partial charge in [-0.05, 0) is 18.6 Å². The molecule has 1 atom stereocenters. The van der Waals surface area contributed by atoms with Crippen molar-refractivity contribution in [3.8, 4) is 6.07 Å². The normalized spacial score (nSPS) is 18.4. The fraction of sp³-hybridized carbons (Fsp3) is 0.500. The van der Waals surface area contributed by atoms with Crippen LogP contribution in [0.1, 0.15) is 13.3 Å². The van der Waals surface area contributed by atoms with Crippen molar-refractivity contribution >= 4 is 17.3 Å². The van der Waals surface area contributed by atoms with Gasteiger partial charge >= 0.3 is 0 Å². The third-order valence-corrected chi connectivity index (χ3v) is 3.80. The quantitative estimate of drug-likeness (QED) is 0.840. The summed E-state index contributed by atoms with van der Waals surface area (Å²) in [4.78, 5) is 4.55. The van der Waals surface area contributed by atoms with Crippen molar-refractivity contribution in [1.29, 1.82) is 5.26 Å². The number of rotatable bonds is 3. The molecule has 0 saturated carbocycles. The fourth-order valence-corrected chi connectivity index (χ4v) is 2.67. The van der Waals surface area contributed by atoms with E-state index in [1.54, 1.807) is 0 Å². The van der Waals surface area contributed by atoms with E-state index >= 15 is 0 Å². The Morgan fingerprint density at radius 3 is 2.50 bits per heavy atom. The second kappa shape index (κ2) is 6.08. The molecule has 96 valence electrons. The first-order valence-corrected chi connectivity index (χ1v) is 6.77. The number of halogens is 1. The molecular formula is C14H18ClN3. The number of nitriles is 1. The number of para-hydroxylation sites is 1. The van der Waals surface area contributed by atoms with Crippen LogP contribution in [0, 0.1) is 11.3 Å². The maximum absolute atomic E-state index is 9.08. The zero-order chi connectivity index (χ0) is 13.0. The molecular weight excluding hydrogens is 246 g/mol. The summed E-state index contributed by atoms with van der Waals surface area (Å²) in [6.07, 6.45) is 0.891. The summed E-state index contributed by atoms with van der Waals surface area (Å²) >= 11 is 6.20. The Bertz CT molecular complexity index is 433. The minimum Gasteiger partial charge on any atom is -0.368 e. The first-order valence-electron chi connectivity index (χ1n) is 6.39. The van der Waals surface area contributed by atoms with E-state index in [0.717, 1.165) is 43.3 Å². The summed E-state index contributed by atoms with van der Waals surface area (Å²) in [6.45, 7) is 5.78. The molecule has 0 bridgehead atoms. The lowest BCUT2D eigenvalue weighted by molar-refractivity contribution is 0.216. The molecule has 3 nitrogen and oxygen atoms in total. The van der Waals surface area contributed by atoms with E-state index in [2.05, 4.69) is 28.9 Å². The molecule has 1 saturated heterocycles. The lowest BCUT2D eigenvalue weighted by Gasteiger charge is -2.38. The zero-order valence-corrected chi connectivity index (χ0v) is 11.4. The average Bonchev–Trinajstić information content (AvgIpc) is 2.42. The van der Waals surface area contributed by atoms with Gasteiger partial charge in [0, 0.05) is 26.2 Å². The Kier molecular flexibility index (Phi) is 4.46. The topological polar surface area (TPSA) is 30.3 Å². The van der Waals surface area contributed by atoms with Gasteiger partial charge in [-0.15, -0.1) is 0 Å². The summed E-state index contributed by atoms with van der Waals surface area (Å²) < 4.78 is 0. The van der Waals surface area contributed by atoms with Crippen molar-refractivity contribution in [3.05, 3.63) is 29.3 Å². The first-order chi connectivity index (χ1) is 8.76. The molecule has 2 rings (SSSR count). The molecule has 1 aliphatic heterocycles. The van der Waals surface area contributed by atoms with E-state index in [-0.39, 0.29) is 6.04 Å². The van der Waals surface area contributed by atoms with E-state index in [4.69, 9.17) is 16.9 Å². The standard InChI is InChI=1S/C14H18ClN3/c1-2-12(11-16)17-7-9-18(10-8-17)14-6-4-3-5-13(14)15/h3-6,12H,2,7-10H2,1H3. The van der Waals surface area contributed by atoms with Gasteiger partial charge in [-0.25, -0.2) is 0 Å². The van der Waals surface area contributed by atoms with Crippen LogP contribution in [0.15, 0.2) is 24.3 Å². The van der Waals surface area contributed by atoms with Crippen LogP contribution in [0.4, 0.5) is 5.69 Å². The van der Waals surface area contributed by atoms with E-state index in [1.165, 1.54) is 0 Å². The summed E-state index contributed by atoms with van der Waals surface area (Å²) in [5.41, 5.74) is 1.10. The molecule has 18 heavy (non-hydrogen) atoms. The third kappa shape index (κ3) is 2.77. The molecule has 1 unspecified atom stereocenters. The van der Waals surface area contributed by atoms with E-state index < -0.39 is 0 Å². The summed E-state index contributed by atoms with van der Waals surface area (Å²) in [7, 11) is 0. The molecule has 1 fully saturated rings. The number of hydrogen-bond acceptors (Lipinski definition) is 3. The average molecular weight is 264 g/mol. The molecule has 1 aliphatic rings. The van der Waals surface area contributed by atoms with Gasteiger partial charge in [-0.3, -0.25) is 4.90 Å². The molecule has 1 aromatic rings. The van der Waals surface area contributed by atoms with Crippen LogP contribution in [0.5, 0.6) is 0 Å². The Hall–Kier alpha value is -1.24. The smallest absolute Gasteiger partial charge is 0.0976 e. The Morgan fingerprint density at radius 2 is 1.94 bits per heavy atom. The Morgan fingerprint density at radius 1 is 1.28 bits per heavy atom. The summed E-state index contributed by atoms with van der Waals surface area (Å²) in [5.74, 6) is 0. The SMILES string of the molecule is CCC(C#N)N1CCN(c2ccccc2Cl)CC1. The molecule has 0 radical (unpaired) electrons. The molecule has 0 amide bonds. The van der Waals surface area contributed by atoms with E-state index in [1.807, 2.05) is 18.2 Å². The number of benzene rings is 1. The van der Waals surface area contributed by atoms with E-state index in [0.29, 0.717) is 0 Å². The minimum absolute atomic E-state index is 0.0541. The monoisotopic (exact) mass is 263 g/mol. The predicted molar refractivity (Wildman–Crippen MR) is 74.9 cm³/mol. The van der Waals surface area contributed by atoms with Crippen LogP contribution in [-0.2, 0) is 0 Å². The minimum atomic E-state index is 0.0541. The van der Waals surface area contributed by atoms with Crippen molar-refractivity contribution < 1.29 is 0 Å². The van der Waals surface area contributed by atoms with Crippen LogP contribution < -0.4 is 4.90 Å². The van der Waals surface area contributed by atoms with Crippen molar-refractivity contribution in [2.24, 2.45) is 0 Å². The number of nitrogens with zero attached hydrogens (tertiary/aromatic N) is 3. The fourth-order valence-electron chi connectivity index (χ4n) is 2.41. The highest BCUT2D eigenvalue weighted by Gasteiger charge is 2.23. The first kappa shape index (κ1) is 13.2. The second-order valence-electron chi connectivity index (χ2n) is 4.53. The Balaban J connectivity index is 1.99. The largest absolute Gasteiger partial charge is 0.368 e. The van der Waals surface area contributed by atoms with Gasteiger partial charge in [0.2, 0.25) is 0 Å². The highest BCUT2D eigenvalue weighted by atomic mass is 35.5. The highest BCUT2D eigenvalue weighted by Crippen LogP contribution is 2.26. The molecule has 0 aromatic heterocycles. The van der Waals surface area contributed by atoms with Crippen LogP contribution in [0.2, 0.25) is 5.02 Å². The molecule has 4 heteroatoms. The number of anilines is 1. The molecule has 1 aromatic carbocycles. The second-order valence-corrected chi connectivity index (χ2v) is 4.93. The Labute approximate surface area is 114 Å². The maximum Gasteiger partial charge on any atom is 0.0976 e. The summed E-state index contributed by atoms with van der Waals surface area (Å²) in [5, 5.41) is 9.88. The number of hydrogen-bond donors (Lipinski definition) is 0. The van der Waals surface area contributed by atoms with Crippen molar-refractivity contribution in [1.82, 2.24) is 4.90 Å². The molecule has 0 N–H and O–H groups in total. The lowest BCUT2D eigenvalue weighted by atomic mass is 10.1. The molecule has 0 aliphatic carbocycles. The lowest BCUT2D eigenvalue weighted by Crippen LogP contribution is -2.50.